The van der Waals surface area contributed by atoms with E-state index >= 15 is 0 Å². The minimum absolute atomic E-state index is 0.0639. The van der Waals surface area contributed by atoms with Gasteiger partial charge in [0.1, 0.15) is 0 Å². The number of carbonyl (C=O) groups is 1. The highest BCUT2D eigenvalue weighted by Crippen LogP contribution is 2.29. The Bertz CT molecular complexity index is 785. The summed E-state index contributed by atoms with van der Waals surface area (Å²) < 4.78 is 11.9. The van der Waals surface area contributed by atoms with Crippen molar-refractivity contribution in [1.82, 2.24) is 0 Å². The van der Waals surface area contributed by atoms with Gasteiger partial charge in [-0.1, -0.05) is 12.1 Å². The van der Waals surface area contributed by atoms with Crippen LogP contribution in [0.3, 0.4) is 0 Å². The molecule has 1 N–H and O–H groups in total. The number of anilines is 1. The normalized spacial score (nSPS) is 11.0. The van der Waals surface area contributed by atoms with Gasteiger partial charge in [0.05, 0.1) is 18.9 Å². The average Bonchev–Trinajstić information content (AvgIpc) is 2.56. The summed E-state index contributed by atoms with van der Waals surface area (Å²) in [6.45, 7) is 5.91. The largest absolute Gasteiger partial charge is 0.493 e. The maximum absolute atomic E-state index is 12.1. The smallest absolute Gasteiger partial charge is 0.248 e. The van der Waals surface area contributed by atoms with E-state index < -0.39 is 0 Å². The van der Waals surface area contributed by atoms with Gasteiger partial charge in [-0.2, -0.15) is 0 Å². The molecule has 0 aliphatic carbocycles. The van der Waals surface area contributed by atoms with Crippen LogP contribution in [-0.4, -0.2) is 19.1 Å². The molecule has 2 aromatic rings. The second-order valence-corrected chi connectivity index (χ2v) is 6.74. The molecule has 2 rings (SSSR count). The number of hydrogen-bond acceptors (Lipinski definition) is 3. The van der Waals surface area contributed by atoms with Crippen molar-refractivity contribution in [2.24, 2.45) is 0 Å². The molecular weight excluding hydrogens is 382 g/mol. The Kier molecular flexibility index (Phi) is 6.65. The Morgan fingerprint density at radius 2 is 1.92 bits per heavy atom. The summed E-state index contributed by atoms with van der Waals surface area (Å²) in [5.74, 6) is 1.12. The van der Waals surface area contributed by atoms with Crippen LogP contribution in [0.15, 0.2) is 46.9 Å². The van der Waals surface area contributed by atoms with E-state index in [4.69, 9.17) is 9.47 Å². The fraction of sp³-hybridized carbons (Fsp3) is 0.250. The van der Waals surface area contributed by atoms with Crippen molar-refractivity contribution in [1.29, 1.82) is 0 Å². The van der Waals surface area contributed by atoms with Crippen LogP contribution in [0.2, 0.25) is 0 Å². The third kappa shape index (κ3) is 5.64. The molecule has 0 aliphatic heterocycles. The maximum Gasteiger partial charge on any atom is 0.248 e. The Morgan fingerprint density at radius 3 is 2.56 bits per heavy atom. The summed E-state index contributed by atoms with van der Waals surface area (Å²) in [5.41, 5.74) is 2.71. The van der Waals surface area contributed by atoms with E-state index in [2.05, 4.69) is 21.2 Å². The van der Waals surface area contributed by atoms with E-state index in [1.807, 2.05) is 57.2 Å². The highest BCUT2D eigenvalue weighted by Gasteiger charge is 2.07. The van der Waals surface area contributed by atoms with E-state index in [0.717, 1.165) is 21.3 Å². The quantitative estimate of drug-likeness (QED) is 0.673. The fourth-order valence-corrected chi connectivity index (χ4v) is 2.80. The van der Waals surface area contributed by atoms with E-state index in [0.29, 0.717) is 11.5 Å². The van der Waals surface area contributed by atoms with Crippen LogP contribution in [0.1, 0.15) is 25.0 Å². The minimum Gasteiger partial charge on any atom is -0.493 e. The number of hydrogen-bond donors (Lipinski definition) is 1. The SMILES string of the molecule is COc1cc(C=CC(=O)Nc2ccc(C)cc2Br)ccc1OC(C)C. The van der Waals surface area contributed by atoms with E-state index in [9.17, 15) is 4.79 Å². The zero-order valence-corrected chi connectivity index (χ0v) is 16.4. The Labute approximate surface area is 157 Å². The van der Waals surface area contributed by atoms with Gasteiger partial charge in [0.25, 0.3) is 0 Å². The van der Waals surface area contributed by atoms with E-state index in [1.165, 1.54) is 6.08 Å². The van der Waals surface area contributed by atoms with Crippen molar-refractivity contribution in [3.05, 3.63) is 58.1 Å². The van der Waals surface area contributed by atoms with Crippen LogP contribution in [0, 0.1) is 6.92 Å². The van der Waals surface area contributed by atoms with Gasteiger partial charge >= 0.3 is 0 Å². The lowest BCUT2D eigenvalue weighted by atomic mass is 10.2. The first-order valence-corrected chi connectivity index (χ1v) is 8.78. The summed E-state index contributed by atoms with van der Waals surface area (Å²) in [5, 5.41) is 2.85. The molecule has 0 unspecified atom stereocenters. The molecule has 5 heteroatoms. The van der Waals surface area contributed by atoms with Gasteiger partial charge in [-0.05, 0) is 78.2 Å². The molecule has 0 atom stereocenters. The summed E-state index contributed by atoms with van der Waals surface area (Å²) in [6.07, 6.45) is 3.29. The first-order valence-electron chi connectivity index (χ1n) is 7.99. The number of carbonyl (C=O) groups excluding carboxylic acids is 1. The minimum atomic E-state index is -0.203. The van der Waals surface area contributed by atoms with Crippen molar-refractivity contribution in [2.45, 2.75) is 26.9 Å². The van der Waals surface area contributed by atoms with Gasteiger partial charge in [0, 0.05) is 10.5 Å². The van der Waals surface area contributed by atoms with Crippen LogP contribution in [0.5, 0.6) is 11.5 Å². The molecule has 25 heavy (non-hydrogen) atoms. The zero-order chi connectivity index (χ0) is 18.4. The number of aryl methyl sites for hydroxylation is 1. The number of rotatable bonds is 6. The Morgan fingerprint density at radius 1 is 1.16 bits per heavy atom. The average molecular weight is 404 g/mol. The molecular formula is C20H22BrNO3. The van der Waals surface area contributed by atoms with Crippen LogP contribution in [-0.2, 0) is 4.79 Å². The van der Waals surface area contributed by atoms with E-state index in [1.54, 1.807) is 13.2 Å². The summed E-state index contributed by atoms with van der Waals surface area (Å²) in [6, 6.07) is 11.3. The van der Waals surface area contributed by atoms with Crippen LogP contribution < -0.4 is 14.8 Å². The summed E-state index contributed by atoms with van der Waals surface area (Å²) in [7, 11) is 1.59. The Balaban J connectivity index is 2.08. The molecule has 0 bridgehead atoms. The number of nitrogens with one attached hydrogen (secondary N) is 1. The molecule has 4 nitrogen and oxygen atoms in total. The molecule has 0 heterocycles. The molecule has 0 fully saturated rings. The standard InChI is InChI=1S/C20H22BrNO3/c1-13(2)25-18-9-6-15(12-19(18)24-4)7-10-20(23)22-17-8-5-14(3)11-16(17)21/h5-13H,1-4H3,(H,22,23). The highest BCUT2D eigenvalue weighted by atomic mass is 79.9. The first kappa shape index (κ1) is 19.1. The van der Waals surface area contributed by atoms with Gasteiger partial charge in [0.2, 0.25) is 5.91 Å². The van der Waals surface area contributed by atoms with Gasteiger partial charge in [0.15, 0.2) is 11.5 Å². The molecule has 0 radical (unpaired) electrons. The zero-order valence-electron chi connectivity index (χ0n) is 14.8. The maximum atomic E-state index is 12.1. The molecule has 0 aromatic heterocycles. The van der Waals surface area contributed by atoms with Gasteiger partial charge < -0.3 is 14.8 Å². The van der Waals surface area contributed by atoms with Crippen molar-refractivity contribution in [3.63, 3.8) is 0 Å². The molecule has 132 valence electrons. The number of ether oxygens (including phenoxy) is 2. The highest BCUT2D eigenvalue weighted by molar-refractivity contribution is 9.10. The lowest BCUT2D eigenvalue weighted by molar-refractivity contribution is -0.111. The lowest BCUT2D eigenvalue weighted by Crippen LogP contribution is -2.08. The monoisotopic (exact) mass is 403 g/mol. The van der Waals surface area contributed by atoms with Crippen molar-refractivity contribution in [3.8, 4) is 11.5 Å². The molecule has 0 aliphatic rings. The second kappa shape index (κ2) is 8.72. The lowest BCUT2D eigenvalue weighted by Gasteiger charge is -2.13. The molecule has 0 saturated heterocycles. The van der Waals surface area contributed by atoms with Gasteiger partial charge in [-0.3, -0.25) is 4.79 Å². The molecule has 1 amide bonds. The van der Waals surface area contributed by atoms with Crippen molar-refractivity contribution >= 4 is 33.6 Å². The summed E-state index contributed by atoms with van der Waals surface area (Å²) >= 11 is 3.45. The van der Waals surface area contributed by atoms with Crippen molar-refractivity contribution in [2.75, 3.05) is 12.4 Å². The van der Waals surface area contributed by atoms with Crippen LogP contribution in [0.25, 0.3) is 6.08 Å². The van der Waals surface area contributed by atoms with Gasteiger partial charge in [-0.25, -0.2) is 0 Å². The number of methoxy groups -OCH3 is 1. The molecule has 0 saturated carbocycles. The topological polar surface area (TPSA) is 47.6 Å². The predicted octanol–water partition coefficient (Wildman–Crippen LogP) is 5.21. The Hall–Kier alpha value is -2.27. The predicted molar refractivity (Wildman–Crippen MR) is 105 cm³/mol. The van der Waals surface area contributed by atoms with Crippen LogP contribution >= 0.6 is 15.9 Å². The third-order valence-electron chi connectivity index (χ3n) is 3.36. The van der Waals surface area contributed by atoms with Crippen LogP contribution in [0.4, 0.5) is 5.69 Å². The second-order valence-electron chi connectivity index (χ2n) is 5.88. The number of halogens is 1. The molecule has 0 spiro atoms. The third-order valence-corrected chi connectivity index (χ3v) is 4.02. The summed E-state index contributed by atoms with van der Waals surface area (Å²) in [4.78, 5) is 12.1. The number of amides is 1. The fourth-order valence-electron chi connectivity index (χ4n) is 2.21. The van der Waals surface area contributed by atoms with Gasteiger partial charge in [-0.15, -0.1) is 0 Å². The first-order chi connectivity index (χ1) is 11.9. The van der Waals surface area contributed by atoms with E-state index in [-0.39, 0.29) is 12.0 Å². The number of benzene rings is 2. The van der Waals surface area contributed by atoms with Crippen molar-refractivity contribution < 1.29 is 14.3 Å². The molecule has 2 aromatic carbocycles.